The van der Waals surface area contributed by atoms with E-state index in [9.17, 15) is 4.39 Å². The molecule has 0 aliphatic heterocycles. The second-order valence-corrected chi connectivity index (χ2v) is 6.91. The molecule has 2 N–H and O–H groups in total. The van der Waals surface area contributed by atoms with E-state index in [0.717, 1.165) is 40.2 Å². The number of aromatic nitrogens is 1. The largest absolute Gasteiger partial charge is 0.501 e. The van der Waals surface area contributed by atoms with Crippen molar-refractivity contribution in [3.8, 4) is 0 Å². The summed E-state index contributed by atoms with van der Waals surface area (Å²) in [6.45, 7) is 0.626. The number of amidine groups is 1. The molecule has 0 radical (unpaired) electrons. The fourth-order valence-corrected chi connectivity index (χ4v) is 3.21. The second-order valence-electron chi connectivity index (χ2n) is 6.91. The van der Waals surface area contributed by atoms with Crippen LogP contribution in [0.1, 0.15) is 30.4 Å². The Morgan fingerprint density at radius 1 is 1.17 bits per heavy atom. The quantitative estimate of drug-likeness (QED) is 0.394. The first-order chi connectivity index (χ1) is 14.6. The zero-order valence-electron chi connectivity index (χ0n) is 17.3. The maximum Gasteiger partial charge on any atom is 0.132 e. The van der Waals surface area contributed by atoms with Crippen molar-refractivity contribution in [3.63, 3.8) is 0 Å². The highest BCUT2D eigenvalue weighted by Gasteiger charge is 2.16. The molecule has 6 heteroatoms. The standard InChI is InChI=1S/C24H26FN3O2/c1-29-12-4-6-23(28-24(26)18-5-3-11-27-16-18)20-13-19(14-22(15-20)30-2)17-7-9-21(25)10-8-17/h3,5,7-11,13-14,16H,4,6,12,15H2,1-2H3,(H2,26,28)/b23-20-. The number of hydrogen-bond donors (Lipinski definition) is 1. The van der Waals surface area contributed by atoms with Gasteiger partial charge >= 0.3 is 0 Å². The van der Waals surface area contributed by atoms with E-state index in [1.807, 2.05) is 18.2 Å². The predicted molar refractivity (Wildman–Crippen MR) is 117 cm³/mol. The van der Waals surface area contributed by atoms with Crippen LogP contribution in [0.25, 0.3) is 5.57 Å². The minimum absolute atomic E-state index is 0.268. The molecule has 0 saturated carbocycles. The average molecular weight is 407 g/mol. The number of aliphatic imine (C=N–C) groups is 1. The van der Waals surface area contributed by atoms with E-state index in [2.05, 4.69) is 11.1 Å². The molecule has 1 heterocycles. The van der Waals surface area contributed by atoms with Crippen LogP contribution in [0, 0.1) is 5.82 Å². The van der Waals surface area contributed by atoms with Crippen molar-refractivity contribution >= 4 is 11.4 Å². The number of hydrogen-bond acceptors (Lipinski definition) is 4. The Balaban J connectivity index is 2.04. The lowest BCUT2D eigenvalue weighted by Crippen LogP contribution is -2.14. The Morgan fingerprint density at radius 2 is 1.97 bits per heavy atom. The second kappa shape index (κ2) is 10.5. The molecule has 5 nitrogen and oxygen atoms in total. The number of benzene rings is 1. The van der Waals surface area contributed by atoms with E-state index in [4.69, 9.17) is 20.2 Å². The predicted octanol–water partition coefficient (Wildman–Crippen LogP) is 4.62. The average Bonchev–Trinajstić information content (AvgIpc) is 2.79. The van der Waals surface area contributed by atoms with Gasteiger partial charge in [0.25, 0.3) is 0 Å². The number of ether oxygens (including phenoxy) is 2. The van der Waals surface area contributed by atoms with Crippen molar-refractivity contribution in [2.45, 2.75) is 19.3 Å². The summed E-state index contributed by atoms with van der Waals surface area (Å²) in [5, 5.41) is 0. The zero-order chi connectivity index (χ0) is 21.3. The van der Waals surface area contributed by atoms with E-state index in [1.54, 1.807) is 38.7 Å². The summed E-state index contributed by atoms with van der Waals surface area (Å²) in [6.07, 6.45) is 9.54. The van der Waals surface area contributed by atoms with Crippen LogP contribution in [0.3, 0.4) is 0 Å². The van der Waals surface area contributed by atoms with Crippen LogP contribution in [0.5, 0.6) is 0 Å². The topological polar surface area (TPSA) is 69.7 Å². The number of methoxy groups -OCH3 is 2. The summed E-state index contributed by atoms with van der Waals surface area (Å²) in [4.78, 5) is 8.86. The van der Waals surface area contributed by atoms with Crippen molar-refractivity contribution < 1.29 is 13.9 Å². The number of halogens is 1. The van der Waals surface area contributed by atoms with Crippen molar-refractivity contribution in [1.29, 1.82) is 0 Å². The van der Waals surface area contributed by atoms with Gasteiger partial charge in [-0.15, -0.1) is 0 Å². The Labute approximate surface area is 176 Å². The molecule has 156 valence electrons. The molecule has 2 aromatic rings. The van der Waals surface area contributed by atoms with E-state index in [0.29, 0.717) is 25.3 Å². The van der Waals surface area contributed by atoms with Crippen LogP contribution < -0.4 is 5.73 Å². The highest BCUT2D eigenvalue weighted by Crippen LogP contribution is 2.32. The summed E-state index contributed by atoms with van der Waals surface area (Å²) in [7, 11) is 3.33. The lowest BCUT2D eigenvalue weighted by molar-refractivity contribution is 0.195. The molecule has 1 aliphatic carbocycles. The Kier molecular flexibility index (Phi) is 7.51. The van der Waals surface area contributed by atoms with Crippen molar-refractivity contribution in [2.24, 2.45) is 10.7 Å². The lowest BCUT2D eigenvalue weighted by atomic mass is 9.93. The number of rotatable bonds is 8. The molecule has 1 aromatic heterocycles. The van der Waals surface area contributed by atoms with Crippen molar-refractivity contribution in [3.05, 3.63) is 94.9 Å². The number of allylic oxidation sites excluding steroid dienone is 5. The Morgan fingerprint density at radius 3 is 2.63 bits per heavy atom. The highest BCUT2D eigenvalue weighted by molar-refractivity contribution is 5.97. The van der Waals surface area contributed by atoms with Crippen LogP contribution in [0.4, 0.5) is 4.39 Å². The van der Waals surface area contributed by atoms with Gasteiger partial charge in [0, 0.05) is 43.8 Å². The van der Waals surface area contributed by atoms with E-state index in [1.165, 1.54) is 12.1 Å². The normalized spacial score (nSPS) is 16.0. The van der Waals surface area contributed by atoms with Crippen LogP contribution in [-0.4, -0.2) is 31.6 Å². The molecule has 1 aliphatic rings. The third kappa shape index (κ3) is 5.64. The van der Waals surface area contributed by atoms with Gasteiger partial charge in [-0.05, 0) is 66.0 Å². The fraction of sp³-hybridized carbons (Fsp3) is 0.250. The van der Waals surface area contributed by atoms with Crippen molar-refractivity contribution in [2.75, 3.05) is 20.8 Å². The highest BCUT2D eigenvalue weighted by atomic mass is 19.1. The molecule has 0 bridgehead atoms. The minimum atomic E-state index is -0.268. The first-order valence-electron chi connectivity index (χ1n) is 9.78. The first kappa shape index (κ1) is 21.5. The van der Waals surface area contributed by atoms with Gasteiger partial charge in [-0.3, -0.25) is 4.98 Å². The smallest absolute Gasteiger partial charge is 0.132 e. The summed E-state index contributed by atoms with van der Waals surface area (Å²) in [6, 6.07) is 10.1. The summed E-state index contributed by atoms with van der Waals surface area (Å²) < 4.78 is 24.1. The summed E-state index contributed by atoms with van der Waals surface area (Å²) >= 11 is 0. The molecule has 0 saturated heterocycles. The van der Waals surface area contributed by atoms with Gasteiger partial charge in [0.2, 0.25) is 0 Å². The number of nitrogens with zero attached hydrogens (tertiary/aromatic N) is 2. The third-order valence-corrected chi connectivity index (χ3v) is 4.80. The molecule has 1 aromatic carbocycles. The Hall–Kier alpha value is -3.25. The van der Waals surface area contributed by atoms with Gasteiger partial charge < -0.3 is 15.2 Å². The molecule has 0 atom stereocenters. The molecule has 30 heavy (non-hydrogen) atoms. The lowest BCUT2D eigenvalue weighted by Gasteiger charge is -2.18. The molecular formula is C24H26FN3O2. The molecular weight excluding hydrogens is 381 g/mol. The van der Waals surface area contributed by atoms with E-state index >= 15 is 0 Å². The monoisotopic (exact) mass is 407 g/mol. The van der Waals surface area contributed by atoms with Gasteiger partial charge in [0.05, 0.1) is 7.11 Å². The molecule has 0 amide bonds. The first-order valence-corrected chi connectivity index (χ1v) is 9.78. The van der Waals surface area contributed by atoms with Gasteiger partial charge in [0.1, 0.15) is 17.4 Å². The van der Waals surface area contributed by atoms with Gasteiger partial charge in [-0.25, -0.2) is 9.38 Å². The van der Waals surface area contributed by atoms with Gasteiger partial charge in [0.15, 0.2) is 0 Å². The van der Waals surface area contributed by atoms with E-state index in [-0.39, 0.29) is 5.82 Å². The van der Waals surface area contributed by atoms with Crippen LogP contribution in [0.15, 0.2) is 83.0 Å². The van der Waals surface area contributed by atoms with E-state index < -0.39 is 0 Å². The maximum absolute atomic E-state index is 13.4. The van der Waals surface area contributed by atoms with Crippen LogP contribution in [-0.2, 0) is 9.47 Å². The molecule has 3 rings (SSSR count). The Bertz CT molecular complexity index is 977. The maximum atomic E-state index is 13.4. The van der Waals surface area contributed by atoms with Gasteiger partial charge in [-0.2, -0.15) is 0 Å². The summed E-state index contributed by atoms with van der Waals surface area (Å²) in [5.74, 6) is 0.954. The van der Waals surface area contributed by atoms with Crippen LogP contribution in [0.2, 0.25) is 0 Å². The minimum Gasteiger partial charge on any atom is -0.501 e. The van der Waals surface area contributed by atoms with Crippen LogP contribution >= 0.6 is 0 Å². The molecule has 0 unspecified atom stereocenters. The summed E-state index contributed by atoms with van der Waals surface area (Å²) in [5.41, 5.74) is 10.8. The zero-order valence-corrected chi connectivity index (χ0v) is 17.3. The molecule has 0 spiro atoms. The van der Waals surface area contributed by atoms with Crippen molar-refractivity contribution in [1.82, 2.24) is 4.98 Å². The van der Waals surface area contributed by atoms with Gasteiger partial charge in [-0.1, -0.05) is 12.1 Å². The fourth-order valence-electron chi connectivity index (χ4n) is 3.21. The number of nitrogens with two attached hydrogens (primary N) is 1. The molecule has 0 fully saturated rings. The third-order valence-electron chi connectivity index (χ3n) is 4.80. The SMILES string of the molecule is COCCC/C(N=C(N)c1cccnc1)=C1\C=C(c2ccc(F)cc2)C=C(OC)C1. The number of pyridine rings is 1.